The van der Waals surface area contributed by atoms with Crippen LogP contribution in [0.4, 0.5) is 52.7 Å². The molecule has 10 nitrogen and oxygen atoms in total. The fourth-order valence-corrected chi connectivity index (χ4v) is 4.30. The minimum absolute atomic E-state index is 0. The molecule has 31 heavy (non-hydrogen) atoms. The first-order chi connectivity index (χ1) is 12.4. The molecule has 0 aromatic rings. The van der Waals surface area contributed by atoms with Crippen LogP contribution in [0.5, 0.6) is 0 Å². The van der Waals surface area contributed by atoms with Gasteiger partial charge in [-0.15, -0.1) is 0 Å². The molecule has 0 saturated heterocycles. The normalized spacial score (nSPS) is 14.8. The van der Waals surface area contributed by atoms with E-state index in [1.165, 1.54) is 0 Å². The molecule has 2 radical (unpaired) electrons. The van der Waals surface area contributed by atoms with E-state index in [1.807, 2.05) is 0 Å². The minimum atomic E-state index is -6.60. The Morgan fingerprint density at radius 1 is 0.355 bits per heavy atom. The third-order valence-electron chi connectivity index (χ3n) is 1.66. The first-order valence-electron chi connectivity index (χ1n) is 5.23. The van der Waals surface area contributed by atoms with Crippen LogP contribution in [0.2, 0.25) is 0 Å². The molecule has 27 heteroatoms. The monoisotopic (exact) mass is 602 g/mol. The van der Waals surface area contributed by atoms with Gasteiger partial charge in [-0.1, -0.05) is 8.25 Å². The van der Waals surface area contributed by atoms with E-state index in [0.29, 0.717) is 0 Å². The molecule has 0 unspecified atom stereocenters. The van der Waals surface area contributed by atoms with Crippen molar-refractivity contribution in [2.24, 2.45) is 0 Å². The fraction of sp³-hybridized carbons (Fsp3) is 1.00. The van der Waals surface area contributed by atoms with Gasteiger partial charge >= 0.3 is 62.1 Å². The molecule has 0 aromatic heterocycles. The van der Waals surface area contributed by atoms with Crippen molar-refractivity contribution in [3.05, 3.63) is 0 Å². The number of nitrogens with one attached hydrogen (secondary N) is 2. The van der Waals surface area contributed by atoms with Crippen molar-refractivity contribution in [2.45, 2.75) is 22.0 Å². The molecule has 0 bridgehead atoms. The number of rotatable bonds is 4. The van der Waals surface area contributed by atoms with E-state index in [9.17, 15) is 86.4 Å². The van der Waals surface area contributed by atoms with Crippen LogP contribution in [0.15, 0.2) is 0 Å². The molecule has 2 N–H and O–H groups in total. The van der Waals surface area contributed by atoms with E-state index < -0.39 is 70.4 Å². The van der Waals surface area contributed by atoms with Crippen molar-refractivity contribution < 1.29 is 86.4 Å². The summed E-state index contributed by atoms with van der Waals surface area (Å²) in [6, 6.07) is 0. The molecular weight excluding hydrogens is 600 g/mol. The first-order valence-corrected chi connectivity index (χ1v) is 11.2. The zero-order chi connectivity index (χ0) is 25.4. The van der Waals surface area contributed by atoms with Gasteiger partial charge in [-0.25, -0.2) is 33.7 Å². The van der Waals surface area contributed by atoms with Crippen LogP contribution in [0.3, 0.4) is 0 Å². The van der Waals surface area contributed by atoms with Crippen LogP contribution < -0.4 is 8.25 Å². The summed E-state index contributed by atoms with van der Waals surface area (Å²) in [6.45, 7) is 0. The van der Waals surface area contributed by atoms with Crippen LogP contribution in [0.1, 0.15) is 0 Å². The molecule has 0 saturated carbocycles. The Bertz CT molecular complexity index is 862. The summed E-state index contributed by atoms with van der Waals surface area (Å²) < 4.78 is 217. The van der Waals surface area contributed by atoms with Crippen LogP contribution in [-0.2, 0) is 40.1 Å². The van der Waals surface area contributed by atoms with E-state index in [2.05, 4.69) is 0 Å². The van der Waals surface area contributed by atoms with Crippen LogP contribution in [0.25, 0.3) is 0 Å². The number of hydrogen-bond acceptors (Lipinski definition) is 8. The Labute approximate surface area is 193 Å². The van der Waals surface area contributed by atoms with Gasteiger partial charge in [0.25, 0.3) is 0 Å². The Balaban J connectivity index is -0.000000490. The summed E-state index contributed by atoms with van der Waals surface area (Å²) in [4.78, 5) is 0. The standard InChI is InChI=1S/2C2HF6NO4S2.Ca/c2*3-1(4,5)14(10,11)9-15(12,13)2(6,7)8;/h2*9H;. The van der Waals surface area contributed by atoms with Crippen LogP contribution in [0, 0.1) is 0 Å². The minimum Gasteiger partial charge on any atom is -0.202 e. The maximum atomic E-state index is 11.5. The van der Waals surface area contributed by atoms with E-state index in [1.54, 1.807) is 0 Å². The summed E-state index contributed by atoms with van der Waals surface area (Å²) in [5.74, 6) is 0. The zero-order valence-electron chi connectivity index (χ0n) is 13.1. The average molecular weight is 602 g/mol. The molecule has 0 heterocycles. The van der Waals surface area contributed by atoms with Crippen molar-refractivity contribution >= 4 is 77.8 Å². The first kappa shape index (κ1) is 35.7. The van der Waals surface area contributed by atoms with Crippen LogP contribution in [-0.4, -0.2) is 93.4 Å². The number of hydrogen-bond donors (Lipinski definition) is 2. The topological polar surface area (TPSA) is 161 Å². The van der Waals surface area contributed by atoms with Gasteiger partial charge in [-0.05, 0) is 0 Å². The van der Waals surface area contributed by atoms with Gasteiger partial charge in [0, 0.05) is 37.7 Å². The molecule has 0 fully saturated rings. The second-order valence-electron chi connectivity index (χ2n) is 3.96. The molecule has 0 amide bonds. The summed E-state index contributed by atoms with van der Waals surface area (Å²) in [5.41, 5.74) is -24.6. The van der Waals surface area contributed by atoms with Crippen molar-refractivity contribution in [3.63, 3.8) is 0 Å². The summed E-state index contributed by atoms with van der Waals surface area (Å²) in [6.07, 6.45) is 0. The Morgan fingerprint density at radius 3 is 0.516 bits per heavy atom. The van der Waals surface area contributed by atoms with Gasteiger partial charge in [0.2, 0.25) is 0 Å². The predicted molar refractivity (Wildman–Crippen MR) is 71.9 cm³/mol. The van der Waals surface area contributed by atoms with Gasteiger partial charge in [-0.2, -0.15) is 52.7 Å². The summed E-state index contributed by atoms with van der Waals surface area (Å²) in [5, 5.41) is 0. The Hall–Kier alpha value is 0.140. The maximum absolute atomic E-state index is 11.5. The van der Waals surface area contributed by atoms with Gasteiger partial charge in [0.05, 0.1) is 0 Å². The third-order valence-corrected chi connectivity index (χ3v) is 7.61. The zero-order valence-corrected chi connectivity index (χ0v) is 18.6. The van der Waals surface area contributed by atoms with Crippen molar-refractivity contribution in [2.75, 3.05) is 0 Å². The quantitative estimate of drug-likeness (QED) is 0.340. The van der Waals surface area contributed by atoms with Crippen molar-refractivity contribution in [3.8, 4) is 0 Å². The fourth-order valence-electron chi connectivity index (χ4n) is 0.478. The Kier molecular flexibility index (Phi) is 11.7. The predicted octanol–water partition coefficient (Wildman–Crippen LogP) is 0.170. The van der Waals surface area contributed by atoms with E-state index in [0.717, 1.165) is 0 Å². The SMILES string of the molecule is O=S(=O)(NS(=O)(=O)C(F)(F)F)C(F)(F)F.O=S(=O)(NS(=O)(=O)C(F)(F)F)C(F)(F)F.[Ca]. The number of halogens is 12. The number of alkyl halides is 12. The molecule has 0 aliphatic rings. The van der Waals surface area contributed by atoms with Crippen molar-refractivity contribution in [1.29, 1.82) is 0 Å². The Morgan fingerprint density at radius 2 is 0.452 bits per heavy atom. The van der Waals surface area contributed by atoms with Gasteiger partial charge < -0.3 is 0 Å². The molecular formula is C4H2CaF12N2O8S4. The number of sulfonamides is 4. The van der Waals surface area contributed by atoms with Gasteiger partial charge in [0.15, 0.2) is 0 Å². The smallest absolute Gasteiger partial charge is 0.202 e. The largest absolute Gasteiger partial charge is 0.512 e. The second kappa shape index (κ2) is 10.2. The van der Waals surface area contributed by atoms with E-state index >= 15 is 0 Å². The van der Waals surface area contributed by atoms with Crippen molar-refractivity contribution in [1.82, 2.24) is 8.25 Å². The summed E-state index contributed by atoms with van der Waals surface area (Å²) in [7, 11) is -26.4. The molecule has 0 aromatic carbocycles. The van der Waals surface area contributed by atoms with Crippen LogP contribution >= 0.6 is 0 Å². The molecule has 186 valence electrons. The van der Waals surface area contributed by atoms with E-state index in [4.69, 9.17) is 0 Å². The average Bonchev–Trinajstić information content (AvgIpc) is 2.30. The van der Waals surface area contributed by atoms with Gasteiger partial charge in [0.1, 0.15) is 0 Å². The second-order valence-corrected chi connectivity index (χ2v) is 11.2. The van der Waals surface area contributed by atoms with Gasteiger partial charge in [-0.3, -0.25) is 0 Å². The molecule has 0 rings (SSSR count). The summed E-state index contributed by atoms with van der Waals surface area (Å²) >= 11 is 0. The molecule has 0 aliphatic heterocycles. The third kappa shape index (κ3) is 10.3. The molecule has 0 aliphatic carbocycles. The maximum Gasteiger partial charge on any atom is 0.512 e. The van der Waals surface area contributed by atoms with E-state index in [-0.39, 0.29) is 37.7 Å². The molecule has 0 spiro atoms. The molecule has 0 atom stereocenters.